The van der Waals surface area contributed by atoms with Crippen LogP contribution in [-0.4, -0.2) is 32.3 Å². The van der Waals surface area contributed by atoms with Gasteiger partial charge in [0.15, 0.2) is 0 Å². The zero-order chi connectivity index (χ0) is 23.4. The molecule has 0 radical (unpaired) electrons. The van der Waals surface area contributed by atoms with Gasteiger partial charge in [-0.2, -0.15) is 0 Å². The van der Waals surface area contributed by atoms with Crippen molar-refractivity contribution in [1.82, 2.24) is 19.9 Å². The van der Waals surface area contributed by atoms with Crippen LogP contribution in [0.1, 0.15) is 46.3 Å². The molecule has 5 nitrogen and oxygen atoms in total. The number of imidazole rings is 1. The number of hydrogen-bond donors (Lipinski definition) is 1. The average molecular weight is 487 g/mol. The van der Waals surface area contributed by atoms with E-state index in [0.717, 1.165) is 29.1 Å². The molecule has 1 N–H and O–H groups in total. The molecule has 0 unspecified atom stereocenters. The summed E-state index contributed by atoms with van der Waals surface area (Å²) < 4.78 is 27.8. The predicted octanol–water partition coefficient (Wildman–Crippen LogP) is 6.46. The predicted molar refractivity (Wildman–Crippen MR) is 126 cm³/mol. The smallest absolute Gasteiger partial charge is 0.274 e. The normalized spacial score (nSPS) is 18.4. The van der Waals surface area contributed by atoms with E-state index in [1.54, 1.807) is 11.8 Å². The minimum Gasteiger partial charge on any atom is -0.340 e. The maximum atomic E-state index is 13.9. The summed E-state index contributed by atoms with van der Waals surface area (Å²) in [5.74, 6) is -0.806. The van der Waals surface area contributed by atoms with Gasteiger partial charge in [0.1, 0.15) is 23.2 Å². The molecule has 33 heavy (non-hydrogen) atoms. The first-order valence-electron chi connectivity index (χ1n) is 10.6. The van der Waals surface area contributed by atoms with Crippen molar-refractivity contribution in [1.29, 1.82) is 0 Å². The second-order valence-corrected chi connectivity index (χ2v) is 10.2. The van der Waals surface area contributed by atoms with Crippen LogP contribution >= 0.6 is 22.9 Å². The van der Waals surface area contributed by atoms with Gasteiger partial charge in [0.05, 0.1) is 27.0 Å². The monoisotopic (exact) mass is 486 g/mol. The number of fused-ring (bicyclic) bond motifs is 1. The summed E-state index contributed by atoms with van der Waals surface area (Å²) in [6, 6.07) is 6.67. The van der Waals surface area contributed by atoms with Crippen molar-refractivity contribution in [3.8, 4) is 10.4 Å². The summed E-state index contributed by atoms with van der Waals surface area (Å²) in [7, 11) is 0. The van der Waals surface area contributed by atoms with Crippen molar-refractivity contribution in [3.05, 3.63) is 69.1 Å². The lowest BCUT2D eigenvalue weighted by molar-refractivity contribution is 0.0709. The topological polar surface area (TPSA) is 61.9 Å². The van der Waals surface area contributed by atoms with E-state index in [1.807, 2.05) is 19.1 Å². The van der Waals surface area contributed by atoms with Crippen LogP contribution in [0.2, 0.25) is 5.02 Å². The molecule has 2 aromatic carbocycles. The van der Waals surface area contributed by atoms with E-state index in [4.69, 9.17) is 16.6 Å². The van der Waals surface area contributed by atoms with Crippen LogP contribution in [0.5, 0.6) is 0 Å². The van der Waals surface area contributed by atoms with Crippen LogP contribution < -0.4 is 0 Å². The lowest BCUT2D eigenvalue weighted by atomic mass is 10.0. The van der Waals surface area contributed by atoms with E-state index >= 15 is 0 Å². The zero-order valence-corrected chi connectivity index (χ0v) is 19.8. The Hall–Kier alpha value is -2.84. The number of amides is 1. The molecule has 2 atom stereocenters. The van der Waals surface area contributed by atoms with Crippen LogP contribution in [0.4, 0.5) is 8.78 Å². The molecule has 0 spiro atoms. The van der Waals surface area contributed by atoms with Gasteiger partial charge in [-0.3, -0.25) is 4.79 Å². The molecule has 3 heterocycles. The van der Waals surface area contributed by atoms with Gasteiger partial charge in [-0.1, -0.05) is 18.5 Å². The summed E-state index contributed by atoms with van der Waals surface area (Å²) in [6.07, 6.45) is 0.806. The lowest BCUT2D eigenvalue weighted by Gasteiger charge is -2.25. The quantitative estimate of drug-likeness (QED) is 0.361. The molecule has 0 saturated carbocycles. The molecular weight excluding hydrogens is 466 g/mol. The third kappa shape index (κ3) is 3.91. The third-order valence-corrected chi connectivity index (χ3v) is 7.30. The van der Waals surface area contributed by atoms with Crippen LogP contribution in [0.15, 0.2) is 30.3 Å². The summed E-state index contributed by atoms with van der Waals surface area (Å²) in [6.45, 7) is 6.34. The summed E-state index contributed by atoms with van der Waals surface area (Å²) in [5, 5.41) is 1.27. The van der Waals surface area contributed by atoms with Crippen LogP contribution in [-0.2, 0) is 0 Å². The Balaban J connectivity index is 1.56. The van der Waals surface area contributed by atoms with Gasteiger partial charge >= 0.3 is 0 Å². The molecule has 1 saturated heterocycles. The SMILES string of the molecule is Cc1nc(C(=O)N2CC[C@H](C)[C@H]2c2nc3c(C)cc(Cl)cc3[nH]2)c(-c2cc(F)cc(F)c2)s1. The minimum absolute atomic E-state index is 0.167. The molecule has 2 aromatic heterocycles. The van der Waals surface area contributed by atoms with Gasteiger partial charge in [-0.15, -0.1) is 11.3 Å². The molecule has 1 aliphatic rings. The number of H-pyrrole nitrogens is 1. The maximum absolute atomic E-state index is 13.9. The van der Waals surface area contributed by atoms with Gasteiger partial charge in [-0.05, 0) is 61.6 Å². The summed E-state index contributed by atoms with van der Waals surface area (Å²) >= 11 is 7.46. The first kappa shape index (κ1) is 22.0. The molecule has 1 aliphatic heterocycles. The summed E-state index contributed by atoms with van der Waals surface area (Å²) in [5.41, 5.74) is 3.11. The minimum atomic E-state index is -0.696. The first-order chi connectivity index (χ1) is 15.7. The molecule has 170 valence electrons. The van der Waals surface area contributed by atoms with E-state index in [0.29, 0.717) is 32.8 Å². The number of nitrogens with zero attached hydrogens (tertiary/aromatic N) is 3. The van der Waals surface area contributed by atoms with Crippen molar-refractivity contribution in [2.45, 2.75) is 33.2 Å². The van der Waals surface area contributed by atoms with Crippen molar-refractivity contribution in [2.24, 2.45) is 5.92 Å². The van der Waals surface area contributed by atoms with E-state index in [1.165, 1.54) is 23.5 Å². The lowest BCUT2D eigenvalue weighted by Crippen LogP contribution is -2.33. The van der Waals surface area contributed by atoms with Crippen LogP contribution in [0, 0.1) is 31.4 Å². The third-order valence-electron chi connectivity index (χ3n) is 6.06. The standard InChI is InChI=1S/C24H21ClF2N4OS/c1-11-4-5-31(21(11)23-29-18-9-15(25)6-12(2)19(18)30-23)24(32)20-22(33-13(3)28-20)14-7-16(26)10-17(27)8-14/h6-11,21H,4-5H2,1-3H3,(H,29,30)/t11-,21-/m0/s1. The molecule has 0 bridgehead atoms. The van der Waals surface area contributed by atoms with Gasteiger partial charge < -0.3 is 9.88 Å². The Kier molecular flexibility index (Phi) is 5.45. The first-order valence-corrected chi connectivity index (χ1v) is 11.8. The average Bonchev–Trinajstić information content (AvgIpc) is 3.43. The van der Waals surface area contributed by atoms with E-state index < -0.39 is 11.6 Å². The van der Waals surface area contributed by atoms with E-state index in [-0.39, 0.29) is 23.6 Å². The fourth-order valence-corrected chi connectivity index (χ4v) is 5.76. The molecule has 5 rings (SSSR count). The van der Waals surface area contributed by atoms with Crippen LogP contribution in [0.3, 0.4) is 0 Å². The van der Waals surface area contributed by atoms with Crippen molar-refractivity contribution in [2.75, 3.05) is 6.54 Å². The number of halogens is 3. The number of rotatable bonds is 3. The molecular formula is C24H21ClF2N4OS. The number of aromatic amines is 1. The number of carbonyl (C=O) groups is 1. The van der Waals surface area contributed by atoms with Crippen LogP contribution in [0.25, 0.3) is 21.5 Å². The highest BCUT2D eigenvalue weighted by Crippen LogP contribution is 2.40. The number of hydrogen-bond acceptors (Lipinski definition) is 4. The van der Waals surface area contributed by atoms with Crippen molar-refractivity contribution >= 4 is 39.9 Å². The zero-order valence-electron chi connectivity index (χ0n) is 18.2. The van der Waals surface area contributed by atoms with Crippen molar-refractivity contribution < 1.29 is 13.6 Å². The molecule has 9 heteroatoms. The fourth-order valence-electron chi connectivity index (χ4n) is 4.59. The Morgan fingerprint density at radius 1 is 1.15 bits per heavy atom. The highest BCUT2D eigenvalue weighted by atomic mass is 35.5. The molecule has 1 amide bonds. The molecule has 1 fully saturated rings. The molecule has 4 aromatic rings. The number of nitrogens with one attached hydrogen (secondary N) is 1. The van der Waals surface area contributed by atoms with Gasteiger partial charge in [0, 0.05) is 17.6 Å². The Labute approximate surface area is 198 Å². The Bertz CT molecular complexity index is 1380. The van der Waals surface area contributed by atoms with Gasteiger partial charge in [0.2, 0.25) is 0 Å². The molecule has 0 aliphatic carbocycles. The summed E-state index contributed by atoms with van der Waals surface area (Å²) in [4.78, 5) is 28.5. The number of aromatic nitrogens is 3. The largest absolute Gasteiger partial charge is 0.340 e. The highest BCUT2D eigenvalue weighted by molar-refractivity contribution is 7.15. The second-order valence-electron chi connectivity index (χ2n) is 8.52. The highest BCUT2D eigenvalue weighted by Gasteiger charge is 2.39. The number of benzene rings is 2. The number of thiazole rings is 1. The van der Waals surface area contributed by atoms with E-state index in [9.17, 15) is 13.6 Å². The Morgan fingerprint density at radius 2 is 1.88 bits per heavy atom. The fraction of sp³-hybridized carbons (Fsp3) is 0.292. The maximum Gasteiger partial charge on any atom is 0.274 e. The van der Waals surface area contributed by atoms with E-state index in [2.05, 4.69) is 16.9 Å². The van der Waals surface area contributed by atoms with Crippen molar-refractivity contribution in [3.63, 3.8) is 0 Å². The number of likely N-dealkylation sites (tertiary alicyclic amines) is 1. The van der Waals surface area contributed by atoms with Gasteiger partial charge in [-0.25, -0.2) is 18.7 Å². The second kappa shape index (κ2) is 8.18. The number of carbonyl (C=O) groups excluding carboxylic acids is 1. The van der Waals surface area contributed by atoms with Gasteiger partial charge in [0.25, 0.3) is 5.91 Å². The number of aryl methyl sites for hydroxylation is 2. The Morgan fingerprint density at radius 3 is 2.61 bits per heavy atom.